The van der Waals surface area contributed by atoms with Crippen LogP contribution in [-0.4, -0.2) is 15.7 Å². The van der Waals surface area contributed by atoms with Gasteiger partial charge >= 0.3 is 0 Å². The molecule has 0 saturated heterocycles. The number of amides is 1. The van der Waals surface area contributed by atoms with Crippen LogP contribution in [0.4, 0.5) is 5.69 Å². The molecule has 1 amide bonds. The van der Waals surface area contributed by atoms with Crippen LogP contribution in [0.3, 0.4) is 0 Å². The van der Waals surface area contributed by atoms with Gasteiger partial charge in [-0.3, -0.25) is 9.59 Å². The zero-order valence-corrected chi connectivity index (χ0v) is 12.8. The predicted octanol–water partition coefficient (Wildman–Crippen LogP) is 2.38. The molecule has 1 saturated carbocycles. The van der Waals surface area contributed by atoms with Gasteiger partial charge in [0, 0.05) is 17.7 Å². The first-order valence-electron chi connectivity index (χ1n) is 7.49. The maximum absolute atomic E-state index is 12.2. The number of carbonyl (C=O) groups is 1. The first kappa shape index (κ1) is 14.5. The van der Waals surface area contributed by atoms with Crippen molar-refractivity contribution in [3.63, 3.8) is 0 Å². The van der Waals surface area contributed by atoms with Crippen LogP contribution >= 0.6 is 0 Å². The van der Waals surface area contributed by atoms with E-state index in [0.29, 0.717) is 5.92 Å². The second-order valence-corrected chi connectivity index (χ2v) is 5.84. The fourth-order valence-corrected chi connectivity index (χ4v) is 2.50. The molecule has 0 bridgehead atoms. The SMILES string of the molecule is Cc1cccc(C)c1NC(=O)Cn1nc(C2CC2)ccc1=O. The van der Waals surface area contributed by atoms with E-state index in [1.54, 1.807) is 6.07 Å². The lowest BCUT2D eigenvalue weighted by atomic mass is 10.1. The molecule has 114 valence electrons. The average Bonchev–Trinajstić information content (AvgIpc) is 3.30. The molecule has 22 heavy (non-hydrogen) atoms. The number of aryl methyl sites for hydroxylation is 2. The van der Waals surface area contributed by atoms with Gasteiger partial charge in [0.15, 0.2) is 0 Å². The van der Waals surface area contributed by atoms with E-state index in [0.717, 1.165) is 35.3 Å². The second kappa shape index (κ2) is 5.75. The molecular formula is C17H19N3O2. The Morgan fingerprint density at radius 1 is 1.23 bits per heavy atom. The number of nitrogens with zero attached hydrogens (tertiary/aromatic N) is 2. The van der Waals surface area contributed by atoms with Gasteiger partial charge < -0.3 is 5.32 Å². The van der Waals surface area contributed by atoms with Crippen molar-refractivity contribution in [2.24, 2.45) is 0 Å². The average molecular weight is 297 g/mol. The largest absolute Gasteiger partial charge is 0.324 e. The number of para-hydroxylation sites is 1. The van der Waals surface area contributed by atoms with E-state index < -0.39 is 0 Å². The minimum Gasteiger partial charge on any atom is -0.324 e. The number of anilines is 1. The van der Waals surface area contributed by atoms with Crippen molar-refractivity contribution < 1.29 is 4.79 Å². The lowest BCUT2D eigenvalue weighted by molar-refractivity contribution is -0.117. The fraction of sp³-hybridized carbons (Fsp3) is 0.353. The summed E-state index contributed by atoms with van der Waals surface area (Å²) in [4.78, 5) is 24.1. The Balaban J connectivity index is 1.77. The minimum absolute atomic E-state index is 0.0623. The first-order chi connectivity index (χ1) is 10.5. The van der Waals surface area contributed by atoms with Gasteiger partial charge in [-0.1, -0.05) is 18.2 Å². The molecule has 0 spiro atoms. The Kier molecular flexibility index (Phi) is 3.79. The van der Waals surface area contributed by atoms with Crippen LogP contribution in [0.15, 0.2) is 35.1 Å². The number of nitrogens with one attached hydrogen (secondary N) is 1. The zero-order chi connectivity index (χ0) is 15.7. The summed E-state index contributed by atoms with van der Waals surface area (Å²) >= 11 is 0. The first-order valence-corrected chi connectivity index (χ1v) is 7.49. The molecule has 0 aliphatic heterocycles. The number of rotatable bonds is 4. The molecule has 3 rings (SSSR count). The van der Waals surface area contributed by atoms with Crippen molar-refractivity contribution >= 4 is 11.6 Å². The fourth-order valence-electron chi connectivity index (χ4n) is 2.50. The summed E-state index contributed by atoms with van der Waals surface area (Å²) in [6, 6.07) is 9.10. The van der Waals surface area contributed by atoms with Crippen molar-refractivity contribution in [3.05, 3.63) is 57.5 Å². The molecular weight excluding hydrogens is 278 g/mol. The Hall–Kier alpha value is -2.43. The Bertz CT molecular complexity index is 755. The lowest BCUT2D eigenvalue weighted by Gasteiger charge is -2.12. The molecule has 5 heteroatoms. The topological polar surface area (TPSA) is 64.0 Å². The van der Waals surface area contributed by atoms with Crippen LogP contribution in [0.1, 0.15) is 35.6 Å². The lowest BCUT2D eigenvalue weighted by Crippen LogP contribution is -2.30. The van der Waals surface area contributed by atoms with Gasteiger partial charge in [0.2, 0.25) is 5.91 Å². The predicted molar refractivity (Wildman–Crippen MR) is 85.0 cm³/mol. The maximum atomic E-state index is 12.2. The van der Waals surface area contributed by atoms with E-state index >= 15 is 0 Å². The normalized spacial score (nSPS) is 13.9. The summed E-state index contributed by atoms with van der Waals surface area (Å²) in [6.45, 7) is 3.83. The van der Waals surface area contributed by atoms with E-state index in [2.05, 4.69) is 10.4 Å². The zero-order valence-electron chi connectivity index (χ0n) is 12.8. The van der Waals surface area contributed by atoms with Crippen LogP contribution in [0.25, 0.3) is 0 Å². The van der Waals surface area contributed by atoms with Crippen molar-refractivity contribution in [3.8, 4) is 0 Å². The number of aromatic nitrogens is 2. The molecule has 1 aromatic carbocycles. The van der Waals surface area contributed by atoms with E-state index in [-0.39, 0.29) is 18.0 Å². The van der Waals surface area contributed by atoms with Crippen LogP contribution in [0.2, 0.25) is 0 Å². The summed E-state index contributed by atoms with van der Waals surface area (Å²) < 4.78 is 1.25. The highest BCUT2D eigenvalue weighted by molar-refractivity contribution is 5.92. The third kappa shape index (κ3) is 3.08. The molecule has 0 unspecified atom stereocenters. The highest BCUT2D eigenvalue weighted by Crippen LogP contribution is 2.38. The van der Waals surface area contributed by atoms with Gasteiger partial charge in [-0.05, 0) is 43.9 Å². The van der Waals surface area contributed by atoms with E-state index in [4.69, 9.17) is 0 Å². The van der Waals surface area contributed by atoms with Gasteiger partial charge in [0.1, 0.15) is 6.54 Å². The standard InChI is InChI=1S/C17H19N3O2/c1-11-4-3-5-12(2)17(11)18-15(21)10-20-16(22)9-8-14(19-20)13-6-7-13/h3-5,8-9,13H,6-7,10H2,1-2H3,(H,18,21). The van der Waals surface area contributed by atoms with E-state index in [9.17, 15) is 9.59 Å². The molecule has 0 atom stereocenters. The Morgan fingerprint density at radius 2 is 1.91 bits per heavy atom. The third-order valence-corrected chi connectivity index (χ3v) is 3.92. The van der Waals surface area contributed by atoms with Gasteiger partial charge in [0.05, 0.1) is 5.69 Å². The second-order valence-electron chi connectivity index (χ2n) is 5.84. The molecule has 1 heterocycles. The number of benzene rings is 1. The van der Waals surface area contributed by atoms with Gasteiger partial charge in [-0.25, -0.2) is 4.68 Å². The van der Waals surface area contributed by atoms with Gasteiger partial charge in [-0.2, -0.15) is 5.10 Å². The number of carbonyl (C=O) groups excluding carboxylic acids is 1. The van der Waals surface area contributed by atoms with Crippen molar-refractivity contribution in [2.75, 3.05) is 5.32 Å². The summed E-state index contributed by atoms with van der Waals surface area (Å²) in [5.41, 5.74) is 3.46. The van der Waals surface area contributed by atoms with Crippen LogP contribution in [-0.2, 0) is 11.3 Å². The molecule has 1 aliphatic rings. The Morgan fingerprint density at radius 3 is 2.55 bits per heavy atom. The molecule has 5 nitrogen and oxygen atoms in total. The molecule has 1 fully saturated rings. The van der Waals surface area contributed by atoms with Gasteiger partial charge in [0.25, 0.3) is 5.56 Å². The summed E-state index contributed by atoms with van der Waals surface area (Å²) in [7, 11) is 0. The molecule has 1 N–H and O–H groups in total. The van der Waals surface area contributed by atoms with Crippen LogP contribution < -0.4 is 10.9 Å². The Labute approximate surface area is 129 Å². The smallest absolute Gasteiger partial charge is 0.267 e. The van der Waals surface area contributed by atoms with Crippen molar-refractivity contribution in [1.29, 1.82) is 0 Å². The van der Waals surface area contributed by atoms with Crippen LogP contribution in [0.5, 0.6) is 0 Å². The third-order valence-electron chi connectivity index (χ3n) is 3.92. The summed E-state index contributed by atoms with van der Waals surface area (Å²) in [5, 5.41) is 7.18. The van der Waals surface area contributed by atoms with Crippen molar-refractivity contribution in [2.45, 2.75) is 39.2 Å². The van der Waals surface area contributed by atoms with Crippen LogP contribution in [0, 0.1) is 13.8 Å². The highest BCUT2D eigenvalue weighted by atomic mass is 16.2. The minimum atomic E-state index is -0.249. The van der Waals surface area contributed by atoms with E-state index in [1.165, 1.54) is 10.7 Å². The summed E-state index contributed by atoms with van der Waals surface area (Å²) in [5.74, 6) is 0.216. The maximum Gasteiger partial charge on any atom is 0.267 e. The highest BCUT2D eigenvalue weighted by Gasteiger charge is 2.25. The number of hydrogen-bond acceptors (Lipinski definition) is 3. The molecule has 1 aliphatic carbocycles. The van der Waals surface area contributed by atoms with Crippen molar-refractivity contribution in [1.82, 2.24) is 9.78 Å². The molecule has 2 aromatic rings. The number of hydrogen-bond donors (Lipinski definition) is 1. The quantitative estimate of drug-likeness (QED) is 0.942. The molecule has 1 aromatic heterocycles. The monoisotopic (exact) mass is 297 g/mol. The van der Waals surface area contributed by atoms with E-state index in [1.807, 2.05) is 32.0 Å². The molecule has 0 radical (unpaired) electrons. The summed E-state index contributed by atoms with van der Waals surface area (Å²) in [6.07, 6.45) is 2.22. The van der Waals surface area contributed by atoms with Gasteiger partial charge in [-0.15, -0.1) is 0 Å².